The van der Waals surface area contributed by atoms with Gasteiger partial charge < -0.3 is 11.1 Å². The molecule has 0 unspecified atom stereocenters. The van der Waals surface area contributed by atoms with E-state index in [2.05, 4.69) is 16.5 Å². The fraction of sp³-hybridized carbons (Fsp3) is 0.667. The molecule has 7 heteroatoms. The molecule has 0 amide bonds. The quantitative estimate of drug-likeness (QED) is 0.899. The number of halogens is 3. The molecule has 22 heavy (non-hydrogen) atoms. The number of nitrogen functional groups attached to an aromatic ring is 1. The lowest BCUT2D eigenvalue weighted by Gasteiger charge is -2.16. The lowest BCUT2D eigenvalue weighted by Crippen LogP contribution is -2.20. The first-order chi connectivity index (χ1) is 10.5. The van der Waals surface area contributed by atoms with Gasteiger partial charge in [0.2, 0.25) is 0 Å². The van der Waals surface area contributed by atoms with Crippen LogP contribution in [0.3, 0.4) is 0 Å². The van der Waals surface area contributed by atoms with E-state index >= 15 is 0 Å². The first-order valence-corrected chi connectivity index (χ1v) is 7.81. The van der Waals surface area contributed by atoms with Crippen molar-refractivity contribution in [3.63, 3.8) is 0 Å². The summed E-state index contributed by atoms with van der Waals surface area (Å²) in [7, 11) is 0. The minimum Gasteiger partial charge on any atom is -0.383 e. The second-order valence-corrected chi connectivity index (χ2v) is 6.04. The third kappa shape index (κ3) is 3.14. The Bertz CT molecular complexity index is 568. The number of nitrogens with one attached hydrogen (secondary N) is 1. The Morgan fingerprint density at radius 1 is 1.32 bits per heavy atom. The van der Waals surface area contributed by atoms with E-state index < -0.39 is 12.7 Å². The summed E-state index contributed by atoms with van der Waals surface area (Å²) in [6, 6.07) is 0.00890. The van der Waals surface area contributed by atoms with Crippen molar-refractivity contribution >= 4 is 11.4 Å². The molecule has 0 saturated carbocycles. The molecule has 1 atom stereocenters. The van der Waals surface area contributed by atoms with Gasteiger partial charge in [-0.1, -0.05) is 6.08 Å². The van der Waals surface area contributed by atoms with Gasteiger partial charge in [0.05, 0.1) is 11.7 Å². The SMILES string of the molecule is Nc1c(C2=CCCCC2)c([C@H]2CCCN2)nn1CC(F)(F)F. The van der Waals surface area contributed by atoms with Gasteiger partial charge in [-0.15, -0.1) is 0 Å². The van der Waals surface area contributed by atoms with Crippen LogP contribution in [0.25, 0.3) is 5.57 Å². The van der Waals surface area contributed by atoms with Gasteiger partial charge in [0.25, 0.3) is 0 Å². The number of nitrogens with zero attached hydrogens (tertiary/aromatic N) is 2. The lowest BCUT2D eigenvalue weighted by molar-refractivity contribution is -0.142. The first kappa shape index (κ1) is 15.4. The largest absolute Gasteiger partial charge is 0.408 e. The third-order valence-corrected chi connectivity index (χ3v) is 4.35. The van der Waals surface area contributed by atoms with Crippen molar-refractivity contribution in [1.29, 1.82) is 0 Å². The zero-order valence-corrected chi connectivity index (χ0v) is 12.4. The van der Waals surface area contributed by atoms with Crippen molar-refractivity contribution in [2.24, 2.45) is 0 Å². The van der Waals surface area contributed by atoms with Crippen LogP contribution in [0.15, 0.2) is 6.08 Å². The van der Waals surface area contributed by atoms with E-state index in [1.165, 1.54) is 0 Å². The topological polar surface area (TPSA) is 55.9 Å². The van der Waals surface area contributed by atoms with Crippen molar-refractivity contribution in [1.82, 2.24) is 15.1 Å². The van der Waals surface area contributed by atoms with E-state index in [4.69, 9.17) is 5.73 Å². The van der Waals surface area contributed by atoms with Gasteiger partial charge in [0, 0.05) is 5.56 Å². The number of hydrogen-bond acceptors (Lipinski definition) is 3. The summed E-state index contributed by atoms with van der Waals surface area (Å²) < 4.78 is 39.1. The van der Waals surface area contributed by atoms with Crippen LogP contribution >= 0.6 is 0 Å². The Kier molecular flexibility index (Phi) is 4.16. The number of alkyl halides is 3. The summed E-state index contributed by atoms with van der Waals surface area (Å²) in [4.78, 5) is 0. The third-order valence-electron chi connectivity index (χ3n) is 4.35. The van der Waals surface area contributed by atoms with Crippen LogP contribution in [0.5, 0.6) is 0 Å². The minimum absolute atomic E-state index is 0.00890. The number of allylic oxidation sites excluding steroid dienone is 2. The predicted octanol–water partition coefficient (Wildman–Crippen LogP) is 3.41. The second-order valence-electron chi connectivity index (χ2n) is 6.04. The molecule has 2 heterocycles. The Morgan fingerprint density at radius 3 is 2.73 bits per heavy atom. The Labute approximate surface area is 127 Å². The molecular weight excluding hydrogens is 293 g/mol. The number of nitrogens with two attached hydrogens (primary N) is 1. The summed E-state index contributed by atoms with van der Waals surface area (Å²) in [5.41, 5.74) is 8.52. The molecule has 3 N–H and O–H groups in total. The van der Waals surface area contributed by atoms with E-state index in [0.717, 1.165) is 60.9 Å². The smallest absolute Gasteiger partial charge is 0.383 e. The van der Waals surface area contributed by atoms with E-state index in [1.807, 2.05) is 0 Å². The van der Waals surface area contributed by atoms with Gasteiger partial charge in [0.1, 0.15) is 12.4 Å². The molecule has 2 aliphatic rings. The van der Waals surface area contributed by atoms with Gasteiger partial charge in [0.15, 0.2) is 0 Å². The summed E-state index contributed by atoms with van der Waals surface area (Å²) in [5.74, 6) is 0.147. The van der Waals surface area contributed by atoms with Crippen LogP contribution in [-0.4, -0.2) is 22.5 Å². The highest BCUT2D eigenvalue weighted by atomic mass is 19.4. The van der Waals surface area contributed by atoms with Crippen LogP contribution < -0.4 is 11.1 Å². The average molecular weight is 314 g/mol. The molecule has 1 aromatic heterocycles. The van der Waals surface area contributed by atoms with Gasteiger partial charge in [-0.3, -0.25) is 0 Å². The highest BCUT2D eigenvalue weighted by Crippen LogP contribution is 2.38. The minimum atomic E-state index is -4.32. The van der Waals surface area contributed by atoms with Crippen molar-refractivity contribution < 1.29 is 13.2 Å². The van der Waals surface area contributed by atoms with E-state index in [1.54, 1.807) is 0 Å². The fourth-order valence-electron chi connectivity index (χ4n) is 3.34. The fourth-order valence-corrected chi connectivity index (χ4v) is 3.34. The number of aromatic nitrogens is 2. The molecule has 0 bridgehead atoms. The Hall–Kier alpha value is -1.50. The maximum Gasteiger partial charge on any atom is 0.408 e. The van der Waals surface area contributed by atoms with E-state index in [0.29, 0.717) is 5.69 Å². The van der Waals surface area contributed by atoms with Gasteiger partial charge >= 0.3 is 6.18 Å². The first-order valence-electron chi connectivity index (χ1n) is 7.81. The van der Waals surface area contributed by atoms with Crippen LogP contribution in [0.4, 0.5) is 19.0 Å². The molecule has 4 nitrogen and oxygen atoms in total. The van der Waals surface area contributed by atoms with Crippen molar-refractivity contribution in [2.45, 2.75) is 57.3 Å². The Morgan fingerprint density at radius 2 is 2.14 bits per heavy atom. The monoisotopic (exact) mass is 314 g/mol. The molecule has 0 radical (unpaired) electrons. The summed E-state index contributed by atoms with van der Waals surface area (Å²) >= 11 is 0. The molecule has 1 aliphatic carbocycles. The van der Waals surface area contributed by atoms with Gasteiger partial charge in [-0.2, -0.15) is 18.3 Å². The number of rotatable bonds is 3. The maximum atomic E-state index is 12.7. The van der Waals surface area contributed by atoms with Crippen molar-refractivity contribution in [3.8, 4) is 0 Å². The van der Waals surface area contributed by atoms with Crippen LogP contribution in [-0.2, 0) is 6.54 Å². The zero-order valence-electron chi connectivity index (χ0n) is 12.4. The molecule has 0 aromatic carbocycles. The molecule has 1 aliphatic heterocycles. The molecule has 3 rings (SSSR count). The standard InChI is InChI=1S/C15H21F3N4/c16-15(17,18)9-22-14(19)12(10-5-2-1-3-6-10)13(21-22)11-7-4-8-20-11/h5,11,20H,1-4,6-9,19H2/t11-/m1/s1. The van der Waals surface area contributed by atoms with E-state index in [-0.39, 0.29) is 11.9 Å². The predicted molar refractivity (Wildman–Crippen MR) is 79.1 cm³/mol. The average Bonchev–Trinajstić information content (AvgIpc) is 3.07. The van der Waals surface area contributed by atoms with E-state index in [9.17, 15) is 13.2 Å². The van der Waals surface area contributed by atoms with Crippen LogP contribution in [0, 0.1) is 0 Å². The van der Waals surface area contributed by atoms with Crippen LogP contribution in [0.2, 0.25) is 0 Å². The zero-order chi connectivity index (χ0) is 15.7. The maximum absolute atomic E-state index is 12.7. The molecule has 122 valence electrons. The lowest BCUT2D eigenvalue weighted by atomic mass is 9.91. The summed E-state index contributed by atoms with van der Waals surface area (Å²) in [5, 5.41) is 7.54. The van der Waals surface area contributed by atoms with Crippen molar-refractivity contribution in [2.75, 3.05) is 12.3 Å². The van der Waals surface area contributed by atoms with Crippen LogP contribution in [0.1, 0.15) is 55.8 Å². The molecule has 0 spiro atoms. The normalized spacial score (nSPS) is 22.9. The Balaban J connectivity index is 2.02. The molecule has 1 fully saturated rings. The highest BCUT2D eigenvalue weighted by Gasteiger charge is 2.33. The molecule has 1 saturated heterocycles. The number of anilines is 1. The molecule has 1 aromatic rings. The summed E-state index contributed by atoms with van der Waals surface area (Å²) in [6.07, 6.45) is 3.67. The van der Waals surface area contributed by atoms with Gasteiger partial charge in [-0.25, -0.2) is 4.68 Å². The number of hydrogen-bond donors (Lipinski definition) is 2. The molecular formula is C15H21F3N4. The highest BCUT2D eigenvalue weighted by molar-refractivity contribution is 5.76. The van der Waals surface area contributed by atoms with Gasteiger partial charge in [-0.05, 0) is 50.6 Å². The second kappa shape index (κ2) is 5.95. The van der Waals surface area contributed by atoms with Crippen molar-refractivity contribution in [3.05, 3.63) is 17.3 Å². The summed E-state index contributed by atoms with van der Waals surface area (Å²) in [6.45, 7) is -0.263.